The Balaban J connectivity index is 1.66. The molecule has 1 aliphatic heterocycles. The lowest BCUT2D eigenvalue weighted by Crippen LogP contribution is -2.41. The third-order valence-corrected chi connectivity index (χ3v) is 4.27. The van der Waals surface area contributed by atoms with E-state index in [1.807, 2.05) is 54.7 Å². The molecule has 1 fully saturated rings. The van der Waals surface area contributed by atoms with E-state index in [-0.39, 0.29) is 0 Å². The number of rotatable bonds is 6. The predicted octanol–water partition coefficient (Wildman–Crippen LogP) is 2.86. The zero-order valence-electron chi connectivity index (χ0n) is 14.9. The highest BCUT2D eigenvalue weighted by Gasteiger charge is 2.11. The van der Waals surface area contributed by atoms with E-state index >= 15 is 0 Å². The van der Waals surface area contributed by atoms with Gasteiger partial charge >= 0.3 is 0 Å². The molecule has 2 aromatic carbocycles. The lowest BCUT2D eigenvalue weighted by atomic mass is 10.2. The molecule has 1 saturated heterocycles. The summed E-state index contributed by atoms with van der Waals surface area (Å²) in [5, 5.41) is 6.69. The molecule has 1 aliphatic rings. The summed E-state index contributed by atoms with van der Waals surface area (Å²) in [5.41, 5.74) is 2.13. The van der Waals surface area contributed by atoms with Crippen LogP contribution in [0.5, 0.6) is 11.5 Å². The summed E-state index contributed by atoms with van der Waals surface area (Å²) in [6.45, 7) is 4.52. The van der Waals surface area contributed by atoms with Crippen LogP contribution in [0.15, 0.2) is 53.6 Å². The van der Waals surface area contributed by atoms with Crippen LogP contribution in [0.25, 0.3) is 0 Å². The average molecular weight is 339 g/mol. The molecule has 0 N–H and O–H groups in total. The third kappa shape index (κ3) is 4.97. The second-order valence-electron chi connectivity index (χ2n) is 6.19. The number of piperazine rings is 1. The summed E-state index contributed by atoms with van der Waals surface area (Å²) >= 11 is 0. The Morgan fingerprint density at radius 3 is 2.48 bits per heavy atom. The van der Waals surface area contributed by atoms with Crippen molar-refractivity contribution in [3.63, 3.8) is 0 Å². The highest BCUT2D eigenvalue weighted by atomic mass is 16.5. The lowest BCUT2D eigenvalue weighted by Gasteiger charge is -2.30. The maximum Gasteiger partial charge on any atom is 0.162 e. The molecular formula is C20H25N3O2. The minimum absolute atomic E-state index is 0.510. The first-order valence-corrected chi connectivity index (χ1v) is 8.57. The molecule has 0 unspecified atom stereocenters. The zero-order chi connectivity index (χ0) is 17.5. The minimum atomic E-state index is 0.510. The Labute approximate surface area is 149 Å². The van der Waals surface area contributed by atoms with Gasteiger partial charge in [0.15, 0.2) is 11.5 Å². The molecule has 132 valence electrons. The highest BCUT2D eigenvalue weighted by molar-refractivity contribution is 5.80. The number of hydrazone groups is 1. The van der Waals surface area contributed by atoms with Crippen molar-refractivity contribution in [2.45, 2.75) is 6.61 Å². The van der Waals surface area contributed by atoms with Crippen molar-refractivity contribution in [2.24, 2.45) is 5.10 Å². The van der Waals surface area contributed by atoms with Crippen LogP contribution >= 0.6 is 0 Å². The Morgan fingerprint density at radius 1 is 1.00 bits per heavy atom. The standard InChI is InChI=1S/C20H25N3O2/c1-22-10-12-23(13-11-22)21-15-18-8-9-19(24-2)20(14-18)25-16-17-6-4-3-5-7-17/h3-9,14-15H,10-13,16H2,1-2H3/b21-15-. The topological polar surface area (TPSA) is 37.3 Å². The van der Waals surface area contributed by atoms with Crippen molar-refractivity contribution in [1.29, 1.82) is 0 Å². The fourth-order valence-corrected chi connectivity index (χ4v) is 2.68. The van der Waals surface area contributed by atoms with Crippen LogP contribution in [0.1, 0.15) is 11.1 Å². The molecule has 0 aromatic heterocycles. The number of hydrogen-bond acceptors (Lipinski definition) is 5. The van der Waals surface area contributed by atoms with Crippen molar-refractivity contribution >= 4 is 6.21 Å². The summed E-state index contributed by atoms with van der Waals surface area (Å²) in [7, 11) is 3.80. The molecule has 5 nitrogen and oxygen atoms in total. The number of nitrogens with zero attached hydrogens (tertiary/aromatic N) is 3. The molecule has 1 heterocycles. The normalized spacial score (nSPS) is 15.5. The predicted molar refractivity (Wildman–Crippen MR) is 100 cm³/mol. The van der Waals surface area contributed by atoms with Crippen molar-refractivity contribution in [1.82, 2.24) is 9.91 Å². The van der Waals surface area contributed by atoms with Gasteiger partial charge in [-0.15, -0.1) is 0 Å². The maximum absolute atomic E-state index is 5.95. The Morgan fingerprint density at radius 2 is 1.76 bits per heavy atom. The first-order chi connectivity index (χ1) is 12.2. The zero-order valence-corrected chi connectivity index (χ0v) is 14.9. The second kappa shape index (κ2) is 8.53. The van der Waals surface area contributed by atoms with Gasteiger partial charge in [0.05, 0.1) is 13.3 Å². The molecule has 0 amide bonds. The van der Waals surface area contributed by atoms with E-state index in [9.17, 15) is 0 Å². The second-order valence-corrected chi connectivity index (χ2v) is 6.19. The van der Waals surface area contributed by atoms with Gasteiger partial charge in [0, 0.05) is 26.2 Å². The number of ether oxygens (including phenoxy) is 2. The number of benzene rings is 2. The molecule has 25 heavy (non-hydrogen) atoms. The van der Waals surface area contributed by atoms with Crippen LogP contribution in [0.2, 0.25) is 0 Å². The molecule has 0 radical (unpaired) electrons. The molecule has 5 heteroatoms. The SMILES string of the molecule is COc1ccc(/C=N\N2CCN(C)CC2)cc1OCc1ccccc1. The smallest absolute Gasteiger partial charge is 0.162 e. The first-order valence-electron chi connectivity index (χ1n) is 8.57. The van der Waals surface area contributed by atoms with Crippen LogP contribution in [0, 0.1) is 0 Å². The van der Waals surface area contributed by atoms with E-state index in [2.05, 4.69) is 22.1 Å². The van der Waals surface area contributed by atoms with Crippen LogP contribution in [-0.2, 0) is 6.61 Å². The fourth-order valence-electron chi connectivity index (χ4n) is 2.68. The molecule has 3 rings (SSSR count). The van der Waals surface area contributed by atoms with Crippen molar-refractivity contribution in [2.75, 3.05) is 40.3 Å². The molecule has 0 bridgehead atoms. The molecular weight excluding hydrogens is 314 g/mol. The van der Waals surface area contributed by atoms with Crippen LogP contribution in [-0.4, -0.2) is 56.5 Å². The molecule has 0 aliphatic carbocycles. The lowest BCUT2D eigenvalue weighted by molar-refractivity contribution is 0.159. The van der Waals surface area contributed by atoms with Gasteiger partial charge in [-0.1, -0.05) is 30.3 Å². The monoisotopic (exact) mass is 339 g/mol. The van der Waals surface area contributed by atoms with Gasteiger partial charge in [-0.2, -0.15) is 5.10 Å². The Kier molecular flexibility index (Phi) is 5.90. The van der Waals surface area contributed by atoms with Gasteiger partial charge in [0.1, 0.15) is 6.61 Å². The number of methoxy groups -OCH3 is 1. The third-order valence-electron chi connectivity index (χ3n) is 4.27. The van der Waals surface area contributed by atoms with Gasteiger partial charge in [0.25, 0.3) is 0 Å². The van der Waals surface area contributed by atoms with E-state index in [0.717, 1.165) is 48.8 Å². The molecule has 0 spiro atoms. The summed E-state index contributed by atoms with van der Waals surface area (Å²) in [6, 6.07) is 16.0. The number of hydrogen-bond donors (Lipinski definition) is 0. The van der Waals surface area contributed by atoms with Crippen molar-refractivity contribution in [3.8, 4) is 11.5 Å². The van der Waals surface area contributed by atoms with E-state index in [0.29, 0.717) is 6.61 Å². The van der Waals surface area contributed by atoms with Gasteiger partial charge in [-0.25, -0.2) is 0 Å². The van der Waals surface area contributed by atoms with Gasteiger partial charge in [-0.3, -0.25) is 5.01 Å². The van der Waals surface area contributed by atoms with Crippen LogP contribution in [0.3, 0.4) is 0 Å². The highest BCUT2D eigenvalue weighted by Crippen LogP contribution is 2.28. The summed E-state index contributed by atoms with van der Waals surface area (Å²) in [4.78, 5) is 2.31. The van der Waals surface area contributed by atoms with Gasteiger partial charge in [-0.05, 0) is 36.4 Å². The van der Waals surface area contributed by atoms with E-state index < -0.39 is 0 Å². The van der Waals surface area contributed by atoms with E-state index in [1.165, 1.54) is 0 Å². The maximum atomic E-state index is 5.95. The minimum Gasteiger partial charge on any atom is -0.493 e. The van der Waals surface area contributed by atoms with E-state index in [4.69, 9.17) is 9.47 Å². The largest absolute Gasteiger partial charge is 0.493 e. The molecule has 0 saturated carbocycles. The van der Waals surface area contributed by atoms with Gasteiger partial charge in [0.2, 0.25) is 0 Å². The molecule has 0 atom stereocenters. The van der Waals surface area contributed by atoms with Gasteiger partial charge < -0.3 is 14.4 Å². The van der Waals surface area contributed by atoms with Crippen molar-refractivity contribution in [3.05, 3.63) is 59.7 Å². The fraction of sp³-hybridized carbons (Fsp3) is 0.350. The van der Waals surface area contributed by atoms with Crippen LogP contribution < -0.4 is 9.47 Å². The first kappa shape index (κ1) is 17.3. The quantitative estimate of drug-likeness (QED) is 0.759. The molecule has 2 aromatic rings. The van der Waals surface area contributed by atoms with Crippen LogP contribution in [0.4, 0.5) is 0 Å². The summed E-state index contributed by atoms with van der Waals surface area (Å²) in [6.07, 6.45) is 1.89. The summed E-state index contributed by atoms with van der Waals surface area (Å²) < 4.78 is 11.4. The van der Waals surface area contributed by atoms with Crippen molar-refractivity contribution < 1.29 is 9.47 Å². The Bertz CT molecular complexity index is 695. The average Bonchev–Trinajstić information content (AvgIpc) is 2.67. The number of likely N-dealkylation sites (N-methyl/N-ethyl adjacent to an activating group) is 1. The Hall–Kier alpha value is -2.53. The van der Waals surface area contributed by atoms with E-state index in [1.54, 1.807) is 7.11 Å². The summed E-state index contributed by atoms with van der Waals surface area (Å²) in [5.74, 6) is 1.46.